The lowest BCUT2D eigenvalue weighted by atomic mass is 9.97. The van der Waals surface area contributed by atoms with Crippen LogP contribution in [0.5, 0.6) is 0 Å². The van der Waals surface area contributed by atoms with Gasteiger partial charge in [0.1, 0.15) is 6.10 Å². The fourth-order valence-electron chi connectivity index (χ4n) is 1.08. The first-order valence-corrected chi connectivity index (χ1v) is 3.78. The molecule has 3 atom stereocenters. The first-order chi connectivity index (χ1) is 6.02. The van der Waals surface area contributed by atoms with Crippen LogP contribution in [0.2, 0.25) is 0 Å². The molecule has 1 rings (SSSR count). The van der Waals surface area contributed by atoms with Gasteiger partial charge in [0.25, 0.3) is 0 Å². The van der Waals surface area contributed by atoms with Crippen LogP contribution in [0, 0.1) is 0 Å². The topological polar surface area (TPSA) is 83.8 Å². The Kier molecular flexibility index (Phi) is 2.79. The van der Waals surface area contributed by atoms with Gasteiger partial charge in [-0.15, -0.1) is 0 Å². The van der Waals surface area contributed by atoms with Gasteiger partial charge < -0.3 is 14.9 Å². The highest BCUT2D eigenvalue weighted by molar-refractivity contribution is 5.95. The van der Waals surface area contributed by atoms with Crippen LogP contribution in [0.3, 0.4) is 0 Å². The van der Waals surface area contributed by atoms with Gasteiger partial charge in [0.05, 0.1) is 0 Å². The highest BCUT2D eigenvalue weighted by atomic mass is 16.6. The molecule has 0 aromatic carbocycles. The number of aliphatic hydroxyl groups excluding tert-OH is 2. The van der Waals surface area contributed by atoms with Crippen LogP contribution in [0.25, 0.3) is 0 Å². The van der Waals surface area contributed by atoms with Crippen molar-refractivity contribution in [2.24, 2.45) is 0 Å². The van der Waals surface area contributed by atoms with E-state index in [2.05, 4.69) is 4.74 Å². The predicted octanol–water partition coefficient (Wildman–Crippen LogP) is -1.22. The van der Waals surface area contributed by atoms with Crippen LogP contribution in [-0.4, -0.2) is 40.3 Å². The van der Waals surface area contributed by atoms with E-state index in [9.17, 15) is 19.8 Å². The van der Waals surface area contributed by atoms with Gasteiger partial charge in [-0.25, -0.2) is 0 Å². The Hall–Kier alpha value is -1.20. The molecule has 0 fully saturated rings. The number of carbonyl (C=O) groups excluding carboxylic acids is 2. The second-order valence-corrected chi connectivity index (χ2v) is 2.77. The van der Waals surface area contributed by atoms with E-state index in [-0.39, 0.29) is 0 Å². The number of ether oxygens (including phenoxy) is 1. The molecule has 1 aliphatic rings. The second kappa shape index (κ2) is 3.68. The first kappa shape index (κ1) is 9.88. The van der Waals surface area contributed by atoms with Gasteiger partial charge in [0.2, 0.25) is 0 Å². The molecule has 0 heterocycles. The minimum atomic E-state index is -1.47. The quantitative estimate of drug-likeness (QED) is 0.501. The first-order valence-electron chi connectivity index (χ1n) is 3.78. The average Bonchev–Trinajstić information content (AvgIpc) is 2.05. The summed E-state index contributed by atoms with van der Waals surface area (Å²) in [5.41, 5.74) is 0. The van der Waals surface area contributed by atoms with E-state index in [0.717, 1.165) is 13.0 Å². The van der Waals surface area contributed by atoms with Gasteiger partial charge in [-0.1, -0.05) is 0 Å². The molecule has 0 saturated heterocycles. The molecule has 0 bridgehead atoms. The van der Waals surface area contributed by atoms with Crippen molar-refractivity contribution in [3.05, 3.63) is 12.2 Å². The molecule has 13 heavy (non-hydrogen) atoms. The number of hydrogen-bond donors (Lipinski definition) is 2. The van der Waals surface area contributed by atoms with Gasteiger partial charge in [0.15, 0.2) is 18.0 Å². The van der Waals surface area contributed by atoms with Crippen molar-refractivity contribution in [3.63, 3.8) is 0 Å². The van der Waals surface area contributed by atoms with Crippen LogP contribution in [0.15, 0.2) is 12.2 Å². The summed E-state index contributed by atoms with van der Waals surface area (Å²) >= 11 is 0. The van der Waals surface area contributed by atoms with Crippen molar-refractivity contribution >= 4 is 11.8 Å². The van der Waals surface area contributed by atoms with Crippen LogP contribution in [-0.2, 0) is 14.3 Å². The van der Waals surface area contributed by atoms with Crippen LogP contribution in [0.4, 0.5) is 0 Å². The second-order valence-electron chi connectivity index (χ2n) is 2.77. The molecule has 1 aliphatic carbocycles. The lowest BCUT2D eigenvalue weighted by Crippen LogP contribution is -2.46. The minimum absolute atomic E-state index is 0.573. The van der Waals surface area contributed by atoms with Crippen molar-refractivity contribution in [3.8, 4) is 0 Å². The molecule has 0 saturated carbocycles. The summed E-state index contributed by atoms with van der Waals surface area (Å²) < 4.78 is 4.58. The number of aliphatic hydroxyl groups is 2. The Morgan fingerprint density at radius 3 is 2.69 bits per heavy atom. The van der Waals surface area contributed by atoms with Crippen LogP contribution in [0.1, 0.15) is 6.92 Å². The molecule has 0 aromatic heterocycles. The molecule has 0 unspecified atom stereocenters. The smallest absolute Gasteiger partial charge is 0.303 e. The van der Waals surface area contributed by atoms with E-state index in [1.165, 1.54) is 6.08 Å². The molecular formula is C8H10O5. The SMILES string of the molecule is CC(=O)O[C@H]1[C@@H](O)C=CC(=O)[C@@H]1O. The number of carbonyl (C=O) groups is 2. The maximum absolute atomic E-state index is 10.9. The minimum Gasteiger partial charge on any atom is -0.456 e. The highest BCUT2D eigenvalue weighted by Gasteiger charge is 2.35. The summed E-state index contributed by atoms with van der Waals surface area (Å²) in [6.45, 7) is 1.14. The van der Waals surface area contributed by atoms with E-state index < -0.39 is 30.1 Å². The molecule has 5 nitrogen and oxygen atoms in total. The molecular weight excluding hydrogens is 176 g/mol. The Morgan fingerprint density at radius 1 is 1.54 bits per heavy atom. The van der Waals surface area contributed by atoms with E-state index >= 15 is 0 Å². The van der Waals surface area contributed by atoms with Crippen molar-refractivity contribution in [1.82, 2.24) is 0 Å². The van der Waals surface area contributed by atoms with E-state index in [1.54, 1.807) is 0 Å². The third kappa shape index (κ3) is 2.13. The van der Waals surface area contributed by atoms with Gasteiger partial charge in [-0.05, 0) is 12.2 Å². The Morgan fingerprint density at radius 2 is 2.15 bits per heavy atom. The molecule has 0 spiro atoms. The maximum atomic E-state index is 10.9. The summed E-state index contributed by atoms with van der Waals surface area (Å²) in [7, 11) is 0. The fraction of sp³-hybridized carbons (Fsp3) is 0.500. The molecule has 0 aliphatic heterocycles. The van der Waals surface area contributed by atoms with Crippen molar-refractivity contribution in [1.29, 1.82) is 0 Å². The van der Waals surface area contributed by atoms with Crippen molar-refractivity contribution in [2.75, 3.05) is 0 Å². The zero-order chi connectivity index (χ0) is 10.0. The summed E-state index contributed by atoms with van der Waals surface area (Å²) in [4.78, 5) is 21.4. The number of ketones is 1. The van der Waals surface area contributed by atoms with Gasteiger partial charge >= 0.3 is 5.97 Å². The Labute approximate surface area is 74.6 Å². The lowest BCUT2D eigenvalue weighted by molar-refractivity contribution is -0.162. The molecule has 5 heteroatoms. The van der Waals surface area contributed by atoms with Crippen molar-refractivity contribution in [2.45, 2.75) is 25.2 Å². The Bertz CT molecular complexity index is 257. The summed E-state index contributed by atoms with van der Waals surface area (Å²) in [5.74, 6) is -1.22. The number of hydrogen-bond acceptors (Lipinski definition) is 5. The fourth-order valence-corrected chi connectivity index (χ4v) is 1.08. The third-order valence-electron chi connectivity index (χ3n) is 1.70. The van der Waals surface area contributed by atoms with Gasteiger partial charge in [0, 0.05) is 6.92 Å². The van der Waals surface area contributed by atoms with Gasteiger partial charge in [-0.2, -0.15) is 0 Å². The zero-order valence-electron chi connectivity index (χ0n) is 7.01. The largest absolute Gasteiger partial charge is 0.456 e. The molecule has 2 N–H and O–H groups in total. The van der Waals surface area contributed by atoms with E-state index in [4.69, 9.17) is 0 Å². The van der Waals surface area contributed by atoms with E-state index in [1.807, 2.05) is 0 Å². The normalized spacial score (nSPS) is 33.2. The van der Waals surface area contributed by atoms with Crippen LogP contribution < -0.4 is 0 Å². The summed E-state index contributed by atoms with van der Waals surface area (Å²) in [6.07, 6.45) is -1.53. The Balaban J connectivity index is 2.76. The molecule has 0 amide bonds. The average molecular weight is 186 g/mol. The number of esters is 1. The zero-order valence-corrected chi connectivity index (χ0v) is 7.01. The third-order valence-corrected chi connectivity index (χ3v) is 1.70. The highest BCUT2D eigenvalue weighted by Crippen LogP contribution is 2.13. The molecule has 0 aromatic rings. The number of rotatable bonds is 1. The van der Waals surface area contributed by atoms with Crippen LogP contribution >= 0.6 is 0 Å². The standard InChI is InChI=1S/C8H10O5/c1-4(9)13-8-6(11)3-2-5(10)7(8)12/h2-3,6-8,11-12H,1H3/t6-,7-,8-/m0/s1. The molecule has 72 valence electrons. The summed E-state index contributed by atoms with van der Waals surface area (Å²) in [6, 6.07) is 0. The predicted molar refractivity (Wildman–Crippen MR) is 41.7 cm³/mol. The monoisotopic (exact) mass is 186 g/mol. The van der Waals surface area contributed by atoms with Gasteiger partial charge in [-0.3, -0.25) is 9.59 Å². The summed E-state index contributed by atoms with van der Waals surface area (Å²) in [5, 5.41) is 18.4. The maximum Gasteiger partial charge on any atom is 0.303 e. The van der Waals surface area contributed by atoms with Crippen molar-refractivity contribution < 1.29 is 24.5 Å². The lowest BCUT2D eigenvalue weighted by Gasteiger charge is -2.26. The molecule has 0 radical (unpaired) electrons. The van der Waals surface area contributed by atoms with E-state index in [0.29, 0.717) is 0 Å².